The molecule has 7 nitrogen and oxygen atoms in total. The second kappa shape index (κ2) is 8.05. The van der Waals surface area contributed by atoms with Crippen LogP contribution in [-0.4, -0.2) is 43.2 Å². The molecule has 0 aliphatic carbocycles. The molecule has 0 unspecified atom stereocenters. The molecule has 1 fully saturated rings. The Morgan fingerprint density at radius 2 is 1.87 bits per heavy atom. The standard InChI is InChI=1S/C23H29N5O2/c1-5-26-14-20(21(29)19-7-6-15(2)24-22(19)26)23(30)27-10-8-18(9-11-27)13-28-17(4)12-16(3)25-28/h6-7,12,14,18H,5,8-11,13H2,1-4H3. The molecule has 0 radical (unpaired) electrons. The molecule has 0 saturated carbocycles. The molecule has 4 rings (SSSR count). The number of fused-ring (bicyclic) bond motifs is 1. The number of likely N-dealkylation sites (tertiary alicyclic amines) is 1. The lowest BCUT2D eigenvalue weighted by molar-refractivity contribution is 0.0679. The third-order valence-corrected chi connectivity index (χ3v) is 6.07. The average Bonchev–Trinajstić information content (AvgIpc) is 3.05. The fourth-order valence-electron chi connectivity index (χ4n) is 4.35. The Bertz CT molecular complexity index is 1150. The van der Waals surface area contributed by atoms with E-state index >= 15 is 0 Å². The molecular formula is C23H29N5O2. The van der Waals surface area contributed by atoms with E-state index in [1.807, 2.05) is 36.3 Å². The van der Waals surface area contributed by atoms with Crippen LogP contribution in [0.25, 0.3) is 11.0 Å². The van der Waals surface area contributed by atoms with Crippen LogP contribution < -0.4 is 5.43 Å². The lowest BCUT2D eigenvalue weighted by atomic mass is 9.96. The van der Waals surface area contributed by atoms with Gasteiger partial charge in [-0.15, -0.1) is 0 Å². The number of carbonyl (C=O) groups excluding carboxylic acids is 1. The van der Waals surface area contributed by atoms with Crippen molar-refractivity contribution in [3.8, 4) is 0 Å². The van der Waals surface area contributed by atoms with E-state index in [0.29, 0.717) is 36.6 Å². The number of rotatable bonds is 4. The molecule has 1 aliphatic heterocycles. The van der Waals surface area contributed by atoms with Gasteiger partial charge in [0.2, 0.25) is 5.43 Å². The molecule has 0 aromatic carbocycles. The number of nitrogens with zero attached hydrogens (tertiary/aromatic N) is 5. The summed E-state index contributed by atoms with van der Waals surface area (Å²) in [4.78, 5) is 32.6. The summed E-state index contributed by atoms with van der Waals surface area (Å²) < 4.78 is 3.96. The van der Waals surface area contributed by atoms with Crippen molar-refractivity contribution in [2.24, 2.45) is 5.92 Å². The van der Waals surface area contributed by atoms with Gasteiger partial charge in [-0.1, -0.05) is 0 Å². The number of hydrogen-bond donors (Lipinski definition) is 0. The third kappa shape index (κ3) is 3.76. The van der Waals surface area contributed by atoms with Crippen LogP contribution in [0.15, 0.2) is 29.2 Å². The van der Waals surface area contributed by atoms with Gasteiger partial charge in [-0.2, -0.15) is 5.10 Å². The lowest BCUT2D eigenvalue weighted by Gasteiger charge is -2.32. The maximum Gasteiger partial charge on any atom is 0.259 e. The normalized spacial score (nSPS) is 15.1. The SMILES string of the molecule is CCn1cc(C(=O)N2CCC(Cn3nc(C)cc3C)CC2)c(=O)c2ccc(C)nc21. The van der Waals surface area contributed by atoms with Crippen molar-refractivity contribution in [1.82, 2.24) is 24.2 Å². The Morgan fingerprint density at radius 3 is 2.50 bits per heavy atom. The quantitative estimate of drug-likeness (QED) is 0.666. The molecule has 0 bridgehead atoms. The molecule has 3 aromatic rings. The Balaban J connectivity index is 1.52. The summed E-state index contributed by atoms with van der Waals surface area (Å²) in [6.45, 7) is 10.8. The van der Waals surface area contributed by atoms with Gasteiger partial charge in [-0.25, -0.2) is 4.98 Å². The first-order valence-corrected chi connectivity index (χ1v) is 10.7. The summed E-state index contributed by atoms with van der Waals surface area (Å²) in [5.41, 5.74) is 3.72. The third-order valence-electron chi connectivity index (χ3n) is 6.07. The maximum atomic E-state index is 13.2. The van der Waals surface area contributed by atoms with Crippen LogP contribution in [0.1, 0.15) is 47.2 Å². The zero-order valence-corrected chi connectivity index (χ0v) is 18.2. The molecule has 1 aliphatic rings. The summed E-state index contributed by atoms with van der Waals surface area (Å²) in [5, 5.41) is 5.07. The minimum absolute atomic E-state index is 0.172. The van der Waals surface area contributed by atoms with Crippen molar-refractivity contribution in [2.75, 3.05) is 13.1 Å². The Kier molecular flexibility index (Phi) is 5.45. The molecule has 1 amide bonds. The van der Waals surface area contributed by atoms with E-state index in [2.05, 4.69) is 27.8 Å². The van der Waals surface area contributed by atoms with Crippen molar-refractivity contribution in [2.45, 2.75) is 53.6 Å². The van der Waals surface area contributed by atoms with Crippen molar-refractivity contribution in [3.63, 3.8) is 0 Å². The van der Waals surface area contributed by atoms with E-state index in [4.69, 9.17) is 0 Å². The predicted octanol–water partition coefficient (Wildman–Crippen LogP) is 3.09. The van der Waals surface area contributed by atoms with Crippen LogP contribution in [0.4, 0.5) is 0 Å². The Morgan fingerprint density at radius 1 is 1.13 bits per heavy atom. The molecule has 4 heterocycles. The monoisotopic (exact) mass is 407 g/mol. The fourth-order valence-corrected chi connectivity index (χ4v) is 4.35. The van der Waals surface area contributed by atoms with Crippen molar-refractivity contribution in [3.05, 3.63) is 57.3 Å². The van der Waals surface area contributed by atoms with Crippen LogP contribution in [0.3, 0.4) is 0 Å². The highest BCUT2D eigenvalue weighted by Crippen LogP contribution is 2.21. The maximum absolute atomic E-state index is 13.2. The van der Waals surface area contributed by atoms with Gasteiger partial charge in [0, 0.05) is 43.8 Å². The first kappa shape index (κ1) is 20.3. The molecule has 0 atom stereocenters. The molecule has 7 heteroatoms. The molecule has 3 aromatic heterocycles. The number of amides is 1. The molecule has 158 valence electrons. The zero-order valence-electron chi connectivity index (χ0n) is 18.2. The highest BCUT2D eigenvalue weighted by atomic mass is 16.2. The topological polar surface area (TPSA) is 73.0 Å². The molecule has 0 N–H and O–H groups in total. The van der Waals surface area contributed by atoms with Crippen molar-refractivity contribution in [1.29, 1.82) is 0 Å². The van der Waals surface area contributed by atoms with Gasteiger partial charge in [0.25, 0.3) is 5.91 Å². The summed E-state index contributed by atoms with van der Waals surface area (Å²) in [6.07, 6.45) is 3.52. The van der Waals surface area contributed by atoms with Crippen LogP contribution >= 0.6 is 0 Å². The summed E-state index contributed by atoms with van der Waals surface area (Å²) in [7, 11) is 0. The highest BCUT2D eigenvalue weighted by Gasteiger charge is 2.27. The Hall–Kier alpha value is -2.96. The second-order valence-corrected chi connectivity index (χ2v) is 8.33. The minimum Gasteiger partial charge on any atom is -0.338 e. The van der Waals surface area contributed by atoms with Crippen molar-refractivity contribution >= 4 is 16.9 Å². The van der Waals surface area contributed by atoms with E-state index in [-0.39, 0.29) is 16.9 Å². The van der Waals surface area contributed by atoms with Gasteiger partial charge < -0.3 is 9.47 Å². The Labute approximate surface area is 176 Å². The number of aromatic nitrogens is 4. The van der Waals surface area contributed by atoms with E-state index < -0.39 is 0 Å². The fraction of sp³-hybridized carbons (Fsp3) is 0.478. The van der Waals surface area contributed by atoms with E-state index in [1.165, 1.54) is 5.69 Å². The van der Waals surface area contributed by atoms with E-state index in [1.54, 1.807) is 12.3 Å². The number of pyridine rings is 2. The summed E-state index contributed by atoms with van der Waals surface area (Å²) >= 11 is 0. The minimum atomic E-state index is -0.225. The lowest BCUT2D eigenvalue weighted by Crippen LogP contribution is -2.41. The summed E-state index contributed by atoms with van der Waals surface area (Å²) in [5.74, 6) is 0.317. The van der Waals surface area contributed by atoms with Crippen LogP contribution in [0.2, 0.25) is 0 Å². The zero-order chi connectivity index (χ0) is 21.4. The average molecular weight is 408 g/mol. The molecule has 30 heavy (non-hydrogen) atoms. The van der Waals surface area contributed by atoms with Gasteiger partial charge in [0.1, 0.15) is 11.2 Å². The first-order chi connectivity index (χ1) is 14.4. The van der Waals surface area contributed by atoms with Crippen LogP contribution in [0, 0.1) is 26.7 Å². The van der Waals surface area contributed by atoms with Gasteiger partial charge in [-0.3, -0.25) is 14.3 Å². The number of piperidine rings is 1. The molecule has 0 spiro atoms. The van der Waals surface area contributed by atoms with Crippen molar-refractivity contribution < 1.29 is 4.79 Å². The van der Waals surface area contributed by atoms with E-state index in [0.717, 1.165) is 30.8 Å². The smallest absolute Gasteiger partial charge is 0.259 e. The summed E-state index contributed by atoms with van der Waals surface area (Å²) in [6, 6.07) is 5.69. The highest BCUT2D eigenvalue weighted by molar-refractivity contribution is 5.97. The number of carbonyl (C=O) groups is 1. The van der Waals surface area contributed by atoms with Gasteiger partial charge in [-0.05, 0) is 64.7 Å². The first-order valence-electron chi connectivity index (χ1n) is 10.7. The van der Waals surface area contributed by atoms with Crippen LogP contribution in [-0.2, 0) is 13.1 Å². The van der Waals surface area contributed by atoms with Crippen LogP contribution in [0.5, 0.6) is 0 Å². The largest absolute Gasteiger partial charge is 0.338 e. The molecule has 1 saturated heterocycles. The molecular weight excluding hydrogens is 378 g/mol. The number of aryl methyl sites for hydroxylation is 4. The van der Waals surface area contributed by atoms with Gasteiger partial charge >= 0.3 is 0 Å². The predicted molar refractivity (Wildman–Crippen MR) is 117 cm³/mol. The second-order valence-electron chi connectivity index (χ2n) is 8.33. The van der Waals surface area contributed by atoms with E-state index in [9.17, 15) is 9.59 Å². The number of hydrogen-bond acceptors (Lipinski definition) is 4. The van der Waals surface area contributed by atoms with Gasteiger partial charge in [0.15, 0.2) is 0 Å². The van der Waals surface area contributed by atoms with Gasteiger partial charge in [0.05, 0.1) is 11.1 Å².